The number of hydrogen-bond acceptors (Lipinski definition) is 3. The van der Waals surface area contributed by atoms with Crippen molar-refractivity contribution in [3.05, 3.63) is 0 Å². The van der Waals surface area contributed by atoms with Crippen LogP contribution < -0.4 is 10.6 Å². The third-order valence-corrected chi connectivity index (χ3v) is 3.36. The number of rotatable bonds is 7. The summed E-state index contributed by atoms with van der Waals surface area (Å²) in [4.78, 5) is 12.0. The lowest BCUT2D eigenvalue weighted by Crippen LogP contribution is -2.42. The van der Waals surface area contributed by atoms with Crippen LogP contribution in [-0.2, 0) is 9.53 Å². The van der Waals surface area contributed by atoms with Gasteiger partial charge >= 0.3 is 0 Å². The van der Waals surface area contributed by atoms with Crippen molar-refractivity contribution < 1.29 is 9.53 Å². The number of carbonyl (C=O) groups excluding carboxylic acids is 1. The maximum atomic E-state index is 12.0. The molecule has 1 saturated heterocycles. The van der Waals surface area contributed by atoms with Gasteiger partial charge in [-0.2, -0.15) is 0 Å². The van der Waals surface area contributed by atoms with E-state index in [1.165, 1.54) is 0 Å². The Bertz CT molecular complexity index is 213. The van der Waals surface area contributed by atoms with Gasteiger partial charge in [0.2, 0.25) is 5.91 Å². The molecule has 0 aromatic heterocycles. The number of carbonyl (C=O) groups is 1. The third kappa shape index (κ3) is 3.46. The molecule has 16 heavy (non-hydrogen) atoms. The summed E-state index contributed by atoms with van der Waals surface area (Å²) in [6, 6.07) is 0. The Morgan fingerprint density at radius 2 is 2.31 bits per heavy atom. The second kappa shape index (κ2) is 6.86. The molecule has 1 unspecified atom stereocenters. The zero-order valence-electron chi connectivity index (χ0n) is 10.5. The first-order valence-corrected chi connectivity index (χ1v) is 6.32. The molecule has 2 N–H and O–H groups in total. The lowest BCUT2D eigenvalue weighted by molar-refractivity contribution is -0.130. The monoisotopic (exact) mass is 228 g/mol. The van der Waals surface area contributed by atoms with Gasteiger partial charge in [-0.1, -0.05) is 6.92 Å². The molecule has 94 valence electrons. The molecule has 1 fully saturated rings. The van der Waals surface area contributed by atoms with E-state index < -0.39 is 0 Å². The highest BCUT2D eigenvalue weighted by molar-refractivity contribution is 5.83. The second-order valence-electron chi connectivity index (χ2n) is 4.37. The van der Waals surface area contributed by atoms with Gasteiger partial charge in [0.1, 0.15) is 0 Å². The standard InChI is InChI=1S/C12H24N2O2/c1-3-12(6-8-13-10-12)11(15)14-7-5-9-16-4-2/h13H,3-10H2,1-2H3,(H,14,15). The van der Waals surface area contributed by atoms with Crippen molar-refractivity contribution in [1.29, 1.82) is 0 Å². The molecule has 1 aliphatic rings. The van der Waals surface area contributed by atoms with Crippen LogP contribution >= 0.6 is 0 Å². The van der Waals surface area contributed by atoms with Crippen molar-refractivity contribution in [3.8, 4) is 0 Å². The summed E-state index contributed by atoms with van der Waals surface area (Å²) in [6.45, 7) is 8.05. The van der Waals surface area contributed by atoms with Crippen LogP contribution in [0.1, 0.15) is 33.1 Å². The SMILES string of the molecule is CCOCCCNC(=O)C1(CC)CCNC1. The molecule has 4 nitrogen and oxygen atoms in total. The molecule has 0 spiro atoms. The van der Waals surface area contributed by atoms with Gasteiger partial charge in [0.05, 0.1) is 5.41 Å². The summed E-state index contributed by atoms with van der Waals surface area (Å²) in [5.74, 6) is 0.205. The van der Waals surface area contributed by atoms with Crippen molar-refractivity contribution in [2.24, 2.45) is 5.41 Å². The molecule has 4 heteroatoms. The van der Waals surface area contributed by atoms with Gasteiger partial charge < -0.3 is 15.4 Å². The van der Waals surface area contributed by atoms with Crippen LogP contribution in [0.15, 0.2) is 0 Å². The van der Waals surface area contributed by atoms with Crippen LogP contribution in [0.5, 0.6) is 0 Å². The van der Waals surface area contributed by atoms with Crippen LogP contribution in [0.3, 0.4) is 0 Å². The Morgan fingerprint density at radius 3 is 2.88 bits per heavy atom. The molecule has 0 aliphatic carbocycles. The quantitative estimate of drug-likeness (QED) is 0.637. The smallest absolute Gasteiger partial charge is 0.227 e. The topological polar surface area (TPSA) is 50.4 Å². The Labute approximate surface area is 98.1 Å². The molecule has 1 atom stereocenters. The first-order chi connectivity index (χ1) is 7.75. The van der Waals surface area contributed by atoms with Crippen LogP contribution in [0.4, 0.5) is 0 Å². The van der Waals surface area contributed by atoms with E-state index in [2.05, 4.69) is 17.6 Å². The minimum absolute atomic E-state index is 0.161. The van der Waals surface area contributed by atoms with Gasteiger partial charge in [-0.05, 0) is 32.7 Å². The number of amides is 1. The van der Waals surface area contributed by atoms with E-state index >= 15 is 0 Å². The molecule has 1 amide bonds. The molecule has 0 aromatic rings. The number of hydrogen-bond donors (Lipinski definition) is 2. The highest BCUT2D eigenvalue weighted by Gasteiger charge is 2.38. The Hall–Kier alpha value is -0.610. The molecular weight excluding hydrogens is 204 g/mol. The molecule has 0 aromatic carbocycles. The maximum absolute atomic E-state index is 12.0. The van der Waals surface area contributed by atoms with Gasteiger partial charge in [0, 0.05) is 26.3 Å². The highest BCUT2D eigenvalue weighted by Crippen LogP contribution is 2.29. The third-order valence-electron chi connectivity index (χ3n) is 3.36. The molecule has 1 aliphatic heterocycles. The molecule has 1 rings (SSSR count). The summed E-state index contributed by atoms with van der Waals surface area (Å²) in [7, 11) is 0. The van der Waals surface area contributed by atoms with E-state index in [9.17, 15) is 4.79 Å². The van der Waals surface area contributed by atoms with E-state index in [0.717, 1.165) is 52.1 Å². The van der Waals surface area contributed by atoms with E-state index in [-0.39, 0.29) is 11.3 Å². The first-order valence-electron chi connectivity index (χ1n) is 6.32. The van der Waals surface area contributed by atoms with Gasteiger partial charge in [0.25, 0.3) is 0 Å². The van der Waals surface area contributed by atoms with Gasteiger partial charge in [-0.25, -0.2) is 0 Å². The Morgan fingerprint density at radius 1 is 1.50 bits per heavy atom. The predicted octanol–water partition coefficient (Wildman–Crippen LogP) is 0.919. The average Bonchev–Trinajstić information content (AvgIpc) is 2.78. The minimum atomic E-state index is -0.161. The van der Waals surface area contributed by atoms with Crippen LogP contribution in [0.2, 0.25) is 0 Å². The first kappa shape index (κ1) is 13.5. The zero-order valence-corrected chi connectivity index (χ0v) is 10.5. The largest absolute Gasteiger partial charge is 0.382 e. The van der Waals surface area contributed by atoms with E-state index in [4.69, 9.17) is 4.74 Å². The average molecular weight is 228 g/mol. The predicted molar refractivity (Wildman–Crippen MR) is 64.3 cm³/mol. The minimum Gasteiger partial charge on any atom is -0.382 e. The zero-order chi connectivity index (χ0) is 11.9. The van der Waals surface area contributed by atoms with Crippen molar-refractivity contribution in [2.75, 3.05) is 32.8 Å². The Balaban J connectivity index is 2.22. The Kier molecular flexibility index (Phi) is 5.77. The molecule has 1 heterocycles. The van der Waals surface area contributed by atoms with Crippen molar-refractivity contribution in [3.63, 3.8) is 0 Å². The molecule has 0 radical (unpaired) electrons. The second-order valence-corrected chi connectivity index (χ2v) is 4.37. The summed E-state index contributed by atoms with van der Waals surface area (Å²) in [6.07, 6.45) is 2.77. The van der Waals surface area contributed by atoms with Gasteiger partial charge in [-0.3, -0.25) is 4.79 Å². The fourth-order valence-electron chi connectivity index (χ4n) is 2.11. The van der Waals surface area contributed by atoms with Crippen LogP contribution in [0, 0.1) is 5.41 Å². The maximum Gasteiger partial charge on any atom is 0.227 e. The van der Waals surface area contributed by atoms with E-state index in [1.54, 1.807) is 0 Å². The van der Waals surface area contributed by atoms with Crippen LogP contribution in [0.25, 0.3) is 0 Å². The summed E-state index contributed by atoms with van der Waals surface area (Å²) >= 11 is 0. The normalized spacial score (nSPS) is 24.6. The fraction of sp³-hybridized carbons (Fsp3) is 0.917. The van der Waals surface area contributed by atoms with Crippen molar-refractivity contribution in [1.82, 2.24) is 10.6 Å². The van der Waals surface area contributed by atoms with E-state index in [0.29, 0.717) is 0 Å². The highest BCUT2D eigenvalue weighted by atomic mass is 16.5. The van der Waals surface area contributed by atoms with Gasteiger partial charge in [0.15, 0.2) is 0 Å². The lowest BCUT2D eigenvalue weighted by atomic mass is 9.83. The van der Waals surface area contributed by atoms with Crippen molar-refractivity contribution >= 4 is 5.91 Å². The summed E-state index contributed by atoms with van der Waals surface area (Å²) in [5, 5.41) is 6.29. The molecule has 0 saturated carbocycles. The summed E-state index contributed by atoms with van der Waals surface area (Å²) < 4.78 is 5.23. The lowest BCUT2D eigenvalue weighted by Gasteiger charge is -2.25. The summed E-state index contributed by atoms with van der Waals surface area (Å²) in [5.41, 5.74) is -0.161. The number of ether oxygens (including phenoxy) is 1. The van der Waals surface area contributed by atoms with Crippen molar-refractivity contribution in [2.45, 2.75) is 33.1 Å². The van der Waals surface area contributed by atoms with Gasteiger partial charge in [-0.15, -0.1) is 0 Å². The fourth-order valence-corrected chi connectivity index (χ4v) is 2.11. The van der Waals surface area contributed by atoms with E-state index in [1.807, 2.05) is 6.92 Å². The van der Waals surface area contributed by atoms with Crippen LogP contribution in [-0.4, -0.2) is 38.8 Å². The molecule has 0 bridgehead atoms. The molecular formula is C12H24N2O2. The number of nitrogens with one attached hydrogen (secondary N) is 2.